The predicted octanol–water partition coefficient (Wildman–Crippen LogP) is 4.48. The van der Waals surface area contributed by atoms with Crippen molar-refractivity contribution < 1.29 is 23.0 Å². The van der Waals surface area contributed by atoms with E-state index in [0.29, 0.717) is 24.5 Å². The fourth-order valence-corrected chi connectivity index (χ4v) is 2.14. The lowest BCUT2D eigenvalue weighted by Gasteiger charge is -2.10. The van der Waals surface area contributed by atoms with Gasteiger partial charge in [-0.25, -0.2) is 0 Å². The molecule has 1 N–H and O–H groups in total. The fourth-order valence-electron chi connectivity index (χ4n) is 2.14. The van der Waals surface area contributed by atoms with Gasteiger partial charge in [0, 0.05) is 29.5 Å². The topological polar surface area (TPSA) is 47.6 Å². The van der Waals surface area contributed by atoms with Gasteiger partial charge in [-0.15, -0.1) is 0 Å². The number of hydrogen-bond donors (Lipinski definition) is 1. The number of nitrogens with one attached hydrogen (secondary N) is 1. The summed E-state index contributed by atoms with van der Waals surface area (Å²) in [6, 6.07) is 13.6. The number of benzene rings is 2. The Bertz CT molecular complexity index is 732. The predicted molar refractivity (Wildman–Crippen MR) is 92.5 cm³/mol. The van der Waals surface area contributed by atoms with E-state index >= 15 is 0 Å². The average Bonchev–Trinajstić information content (AvgIpc) is 2.60. The highest BCUT2D eigenvalue weighted by molar-refractivity contribution is 6.02. The maximum atomic E-state index is 12.4. The first-order valence-electron chi connectivity index (χ1n) is 7.78. The third-order valence-electron chi connectivity index (χ3n) is 3.29. The SMILES string of the molecule is CCOCc1ccccc1NC(=O)/C=C/c1ccccc1OC(F)F. The Balaban J connectivity index is 2.07. The van der Waals surface area contributed by atoms with Crippen molar-refractivity contribution in [3.8, 4) is 5.75 Å². The van der Waals surface area contributed by atoms with Crippen LogP contribution in [0.15, 0.2) is 54.6 Å². The van der Waals surface area contributed by atoms with Gasteiger partial charge in [-0.2, -0.15) is 8.78 Å². The summed E-state index contributed by atoms with van der Waals surface area (Å²) in [4.78, 5) is 12.1. The Labute approximate surface area is 145 Å². The molecule has 0 atom stereocenters. The molecule has 0 bridgehead atoms. The number of rotatable bonds is 8. The van der Waals surface area contributed by atoms with Gasteiger partial charge in [-0.1, -0.05) is 36.4 Å². The van der Waals surface area contributed by atoms with Gasteiger partial charge >= 0.3 is 6.61 Å². The lowest BCUT2D eigenvalue weighted by Crippen LogP contribution is -2.10. The average molecular weight is 347 g/mol. The quantitative estimate of drug-likeness (QED) is 0.717. The lowest BCUT2D eigenvalue weighted by molar-refractivity contribution is -0.111. The maximum absolute atomic E-state index is 12.4. The molecule has 0 fully saturated rings. The van der Waals surface area contributed by atoms with Crippen molar-refractivity contribution in [3.05, 3.63) is 65.7 Å². The summed E-state index contributed by atoms with van der Waals surface area (Å²) in [5, 5.41) is 2.76. The van der Waals surface area contributed by atoms with Gasteiger partial charge < -0.3 is 14.8 Å². The van der Waals surface area contributed by atoms with E-state index in [1.54, 1.807) is 30.3 Å². The van der Waals surface area contributed by atoms with Gasteiger partial charge in [-0.05, 0) is 25.1 Å². The zero-order chi connectivity index (χ0) is 18.1. The van der Waals surface area contributed by atoms with E-state index in [4.69, 9.17) is 4.74 Å². The molecular formula is C19H19F2NO3. The molecule has 2 aromatic carbocycles. The number of hydrogen-bond acceptors (Lipinski definition) is 3. The molecule has 0 aliphatic carbocycles. The molecule has 0 aromatic heterocycles. The van der Waals surface area contributed by atoms with Gasteiger partial charge in [0.15, 0.2) is 0 Å². The number of ether oxygens (including phenoxy) is 2. The molecule has 0 radical (unpaired) electrons. The summed E-state index contributed by atoms with van der Waals surface area (Å²) in [5.41, 5.74) is 1.89. The first kappa shape index (κ1) is 18.6. The van der Waals surface area contributed by atoms with Crippen LogP contribution >= 0.6 is 0 Å². The smallest absolute Gasteiger partial charge is 0.387 e. The van der Waals surface area contributed by atoms with Crippen molar-refractivity contribution in [3.63, 3.8) is 0 Å². The van der Waals surface area contributed by atoms with Crippen molar-refractivity contribution >= 4 is 17.7 Å². The molecule has 1 amide bonds. The zero-order valence-corrected chi connectivity index (χ0v) is 13.7. The monoisotopic (exact) mass is 347 g/mol. The van der Waals surface area contributed by atoms with Crippen LogP contribution in [0.1, 0.15) is 18.1 Å². The number of alkyl halides is 2. The molecule has 0 aliphatic rings. The van der Waals surface area contributed by atoms with Gasteiger partial charge in [0.05, 0.1) is 6.61 Å². The maximum Gasteiger partial charge on any atom is 0.387 e. The third kappa shape index (κ3) is 6.00. The molecule has 4 nitrogen and oxygen atoms in total. The molecular weight excluding hydrogens is 328 g/mol. The van der Waals surface area contributed by atoms with E-state index in [9.17, 15) is 13.6 Å². The molecule has 0 saturated heterocycles. The number of halogens is 2. The van der Waals surface area contributed by atoms with Crippen LogP contribution in [-0.4, -0.2) is 19.1 Å². The summed E-state index contributed by atoms with van der Waals surface area (Å²) in [7, 11) is 0. The van der Waals surface area contributed by atoms with Gasteiger partial charge in [-0.3, -0.25) is 4.79 Å². The van der Waals surface area contributed by atoms with Crippen LogP contribution in [0.25, 0.3) is 6.08 Å². The second kappa shape index (κ2) is 9.54. The summed E-state index contributed by atoms with van der Waals surface area (Å²) >= 11 is 0. The normalized spacial score (nSPS) is 11.0. The standard InChI is InChI=1S/C19H19F2NO3/c1-2-24-13-15-8-3-5-9-16(15)22-18(23)12-11-14-7-4-6-10-17(14)25-19(20)21/h3-12,19H,2,13H2,1H3,(H,22,23)/b12-11+. The van der Waals surface area contributed by atoms with Crippen LogP contribution in [0.2, 0.25) is 0 Å². The van der Waals surface area contributed by atoms with E-state index in [2.05, 4.69) is 10.1 Å². The third-order valence-corrected chi connectivity index (χ3v) is 3.29. The summed E-state index contributed by atoms with van der Waals surface area (Å²) in [6.45, 7) is -0.0675. The van der Waals surface area contributed by atoms with E-state index in [-0.39, 0.29) is 11.7 Å². The first-order chi connectivity index (χ1) is 12.1. The van der Waals surface area contributed by atoms with Crippen molar-refractivity contribution in [1.82, 2.24) is 0 Å². The van der Waals surface area contributed by atoms with Crippen LogP contribution in [0.3, 0.4) is 0 Å². The molecule has 132 valence electrons. The molecule has 0 aliphatic heterocycles. The first-order valence-corrected chi connectivity index (χ1v) is 7.78. The number of anilines is 1. The summed E-state index contributed by atoms with van der Waals surface area (Å²) in [6.07, 6.45) is 2.70. The van der Waals surface area contributed by atoms with Crippen LogP contribution in [0, 0.1) is 0 Å². The summed E-state index contributed by atoms with van der Waals surface area (Å²) in [5.74, 6) is -0.367. The minimum atomic E-state index is -2.92. The van der Waals surface area contributed by atoms with Crippen LogP contribution in [-0.2, 0) is 16.1 Å². The number of amides is 1. The molecule has 25 heavy (non-hydrogen) atoms. The van der Waals surface area contributed by atoms with E-state index < -0.39 is 6.61 Å². The number of carbonyl (C=O) groups is 1. The molecule has 2 rings (SSSR count). The van der Waals surface area contributed by atoms with Crippen LogP contribution < -0.4 is 10.1 Å². The highest BCUT2D eigenvalue weighted by Gasteiger charge is 2.08. The van der Waals surface area contributed by atoms with Gasteiger partial charge in [0.25, 0.3) is 0 Å². The molecule has 0 heterocycles. The molecule has 0 saturated carbocycles. The zero-order valence-electron chi connectivity index (χ0n) is 13.7. The van der Waals surface area contributed by atoms with E-state index in [1.807, 2.05) is 19.1 Å². The Hall–Kier alpha value is -2.73. The second-order valence-electron chi connectivity index (χ2n) is 5.03. The van der Waals surface area contributed by atoms with Gasteiger partial charge in [0.1, 0.15) is 5.75 Å². The van der Waals surface area contributed by atoms with Crippen molar-refractivity contribution in [2.75, 3.05) is 11.9 Å². The van der Waals surface area contributed by atoms with Crippen molar-refractivity contribution in [1.29, 1.82) is 0 Å². The minimum Gasteiger partial charge on any atom is -0.434 e. The summed E-state index contributed by atoms with van der Waals surface area (Å²) < 4.78 is 34.6. The number of carbonyl (C=O) groups excluding carboxylic acids is 1. The van der Waals surface area contributed by atoms with E-state index in [0.717, 1.165) is 5.56 Å². The lowest BCUT2D eigenvalue weighted by atomic mass is 10.1. The molecule has 0 spiro atoms. The minimum absolute atomic E-state index is 0.0123. The Kier molecular flexibility index (Phi) is 7.10. The van der Waals surface area contributed by atoms with Gasteiger partial charge in [0.2, 0.25) is 5.91 Å². The Morgan fingerprint density at radius 3 is 2.64 bits per heavy atom. The highest BCUT2D eigenvalue weighted by Crippen LogP contribution is 2.22. The molecule has 0 unspecified atom stereocenters. The Morgan fingerprint density at radius 2 is 1.88 bits per heavy atom. The largest absolute Gasteiger partial charge is 0.434 e. The van der Waals surface area contributed by atoms with Crippen LogP contribution in [0.4, 0.5) is 14.5 Å². The molecule has 6 heteroatoms. The Morgan fingerprint density at radius 1 is 1.16 bits per heavy atom. The molecule has 2 aromatic rings. The number of para-hydroxylation sites is 2. The van der Waals surface area contributed by atoms with Crippen LogP contribution in [0.5, 0.6) is 5.75 Å². The van der Waals surface area contributed by atoms with Crippen molar-refractivity contribution in [2.45, 2.75) is 20.1 Å². The fraction of sp³-hybridized carbons (Fsp3) is 0.211. The second-order valence-corrected chi connectivity index (χ2v) is 5.03. The highest BCUT2D eigenvalue weighted by atomic mass is 19.3. The van der Waals surface area contributed by atoms with Crippen molar-refractivity contribution in [2.24, 2.45) is 0 Å². The van der Waals surface area contributed by atoms with E-state index in [1.165, 1.54) is 18.2 Å².